The molecule has 7 heteroatoms. The van der Waals surface area contributed by atoms with Gasteiger partial charge in [-0.25, -0.2) is 0 Å². The maximum Gasteiger partial charge on any atom is 1.00 e. The van der Waals surface area contributed by atoms with Crippen molar-refractivity contribution in [2.75, 3.05) is 0 Å². The van der Waals surface area contributed by atoms with Crippen LogP contribution in [0.5, 0.6) is 23.0 Å². The summed E-state index contributed by atoms with van der Waals surface area (Å²) in [5.41, 5.74) is -0.498. The van der Waals surface area contributed by atoms with Crippen molar-refractivity contribution in [1.29, 1.82) is 0 Å². The third kappa shape index (κ3) is 2.86. The summed E-state index contributed by atoms with van der Waals surface area (Å²) in [5, 5.41) is 38.1. The number of hydrogen-bond donors (Lipinski definition) is 4. The van der Waals surface area contributed by atoms with Crippen LogP contribution in [0.25, 0.3) is 22.3 Å². The number of phenolic OH excluding ortho intramolecular Hbond substituents is 3. The van der Waals surface area contributed by atoms with E-state index in [1.165, 1.54) is 30.3 Å². The molecule has 0 bridgehead atoms. The van der Waals surface area contributed by atoms with Crippen LogP contribution in [0, 0.1) is 0 Å². The molecule has 3 rings (SSSR count). The zero-order valence-corrected chi connectivity index (χ0v) is 14.7. The molecule has 0 aliphatic heterocycles. The number of fused-ring (bicyclic) bond motifs is 1. The molecule has 0 saturated carbocycles. The molecule has 0 radical (unpaired) electrons. The van der Waals surface area contributed by atoms with Gasteiger partial charge in [0.25, 0.3) is 0 Å². The van der Waals surface area contributed by atoms with Crippen molar-refractivity contribution >= 4 is 11.0 Å². The van der Waals surface area contributed by atoms with Gasteiger partial charge in [0.2, 0.25) is 11.2 Å². The van der Waals surface area contributed by atoms with Crippen molar-refractivity contribution in [2.45, 2.75) is 0 Å². The molecule has 2 aromatic carbocycles. The molecule has 1 heterocycles. The minimum atomic E-state index is -0.808. The molecule has 0 saturated heterocycles. The van der Waals surface area contributed by atoms with Crippen molar-refractivity contribution < 1.29 is 76.2 Å². The molecule has 0 spiro atoms. The van der Waals surface area contributed by atoms with Crippen LogP contribution in [0.3, 0.4) is 0 Å². The Bertz CT molecular complexity index is 899. The Morgan fingerprint density at radius 3 is 2.14 bits per heavy atom. The first kappa shape index (κ1) is 16.9. The molecule has 0 amide bonds. The van der Waals surface area contributed by atoms with E-state index in [9.17, 15) is 25.2 Å². The van der Waals surface area contributed by atoms with Crippen LogP contribution in [-0.2, 0) is 0 Å². The molecule has 0 fully saturated rings. The Morgan fingerprint density at radius 2 is 1.50 bits per heavy atom. The average molecular weight is 325 g/mol. The van der Waals surface area contributed by atoms with Crippen molar-refractivity contribution in [2.24, 2.45) is 0 Å². The number of phenols is 3. The second-order valence-corrected chi connectivity index (χ2v) is 4.49. The van der Waals surface area contributed by atoms with Gasteiger partial charge in [-0.15, -0.1) is 0 Å². The van der Waals surface area contributed by atoms with E-state index in [1.54, 1.807) is 0 Å². The molecule has 106 valence electrons. The van der Waals surface area contributed by atoms with Gasteiger partial charge in [0.1, 0.15) is 28.2 Å². The Labute approximate surface area is 166 Å². The summed E-state index contributed by atoms with van der Waals surface area (Å²) < 4.78 is 5.41. The van der Waals surface area contributed by atoms with Crippen LogP contribution in [-0.4, -0.2) is 20.4 Å². The first-order chi connectivity index (χ1) is 9.97. The SMILES string of the molecule is O=c1c(O)c(-c2ccc(O)cc2)oc2cc(O)cc(O)c12.[K+]. The predicted molar refractivity (Wildman–Crippen MR) is 74.6 cm³/mol. The molecule has 0 atom stereocenters. The zero-order chi connectivity index (χ0) is 15.1. The smallest absolute Gasteiger partial charge is 0.508 e. The summed E-state index contributed by atoms with van der Waals surface area (Å²) in [4.78, 5) is 12.1. The van der Waals surface area contributed by atoms with E-state index in [0.717, 1.165) is 6.07 Å². The predicted octanol–water partition coefficient (Wildman–Crippen LogP) is -0.714. The monoisotopic (exact) mass is 325 g/mol. The summed E-state index contributed by atoms with van der Waals surface area (Å²) in [6.07, 6.45) is 0. The summed E-state index contributed by atoms with van der Waals surface area (Å²) in [5.74, 6) is -1.50. The summed E-state index contributed by atoms with van der Waals surface area (Å²) in [6, 6.07) is 7.82. The van der Waals surface area contributed by atoms with E-state index in [2.05, 4.69) is 0 Å². The van der Waals surface area contributed by atoms with E-state index in [4.69, 9.17) is 4.42 Å². The Morgan fingerprint density at radius 1 is 0.864 bits per heavy atom. The standard InChI is InChI=1S/C15H10O6.K/c16-8-3-1-7(2-4-8)15-14(20)13(19)12-10(18)5-9(17)6-11(12)21-15;/h1-6,16-18,20H;/q;+1. The average Bonchev–Trinajstić information content (AvgIpc) is 2.43. The molecule has 4 N–H and O–H groups in total. The van der Waals surface area contributed by atoms with E-state index in [-0.39, 0.29) is 79.6 Å². The number of hydrogen-bond acceptors (Lipinski definition) is 6. The molecule has 0 unspecified atom stereocenters. The third-order valence-electron chi connectivity index (χ3n) is 3.06. The van der Waals surface area contributed by atoms with Gasteiger partial charge in [-0.1, -0.05) is 0 Å². The van der Waals surface area contributed by atoms with Gasteiger partial charge in [0, 0.05) is 17.7 Å². The van der Waals surface area contributed by atoms with Crippen molar-refractivity contribution in [3.8, 4) is 34.3 Å². The molecule has 0 aliphatic rings. The summed E-state index contributed by atoms with van der Waals surface area (Å²) >= 11 is 0. The van der Waals surface area contributed by atoms with Crippen LogP contribution in [0.15, 0.2) is 45.6 Å². The van der Waals surface area contributed by atoms with Crippen LogP contribution in [0.1, 0.15) is 0 Å². The quantitative estimate of drug-likeness (QED) is 0.440. The third-order valence-corrected chi connectivity index (χ3v) is 3.06. The normalized spacial score (nSPS) is 10.4. The van der Waals surface area contributed by atoms with Crippen LogP contribution in [0.4, 0.5) is 0 Å². The second kappa shape index (κ2) is 6.31. The topological polar surface area (TPSA) is 111 Å². The maximum atomic E-state index is 12.1. The molecular weight excluding hydrogens is 315 g/mol. The van der Waals surface area contributed by atoms with Gasteiger partial charge in [-0.05, 0) is 24.3 Å². The Kier molecular flexibility index (Phi) is 4.83. The number of aromatic hydroxyl groups is 4. The largest absolute Gasteiger partial charge is 1.00 e. The van der Waals surface area contributed by atoms with Gasteiger partial charge in [0.15, 0.2) is 5.76 Å². The molecule has 1 aromatic heterocycles. The molecule has 0 aliphatic carbocycles. The fourth-order valence-corrected chi connectivity index (χ4v) is 2.08. The minimum Gasteiger partial charge on any atom is -0.508 e. The first-order valence-electron chi connectivity index (χ1n) is 5.98. The molecule has 6 nitrogen and oxygen atoms in total. The minimum absolute atomic E-state index is 0. The second-order valence-electron chi connectivity index (χ2n) is 4.49. The number of rotatable bonds is 1. The molecule has 22 heavy (non-hydrogen) atoms. The van der Waals surface area contributed by atoms with E-state index < -0.39 is 16.9 Å². The molecular formula is C15H10KO6+. The van der Waals surface area contributed by atoms with Gasteiger partial charge < -0.3 is 24.8 Å². The van der Waals surface area contributed by atoms with Crippen LogP contribution < -0.4 is 56.8 Å². The van der Waals surface area contributed by atoms with Gasteiger partial charge >= 0.3 is 51.4 Å². The van der Waals surface area contributed by atoms with E-state index in [0.29, 0.717) is 5.56 Å². The van der Waals surface area contributed by atoms with Crippen LogP contribution >= 0.6 is 0 Å². The fraction of sp³-hybridized carbons (Fsp3) is 0. The van der Waals surface area contributed by atoms with E-state index in [1.807, 2.05) is 0 Å². The summed E-state index contributed by atoms with van der Waals surface area (Å²) in [7, 11) is 0. The van der Waals surface area contributed by atoms with Gasteiger partial charge in [-0.3, -0.25) is 4.79 Å². The maximum absolute atomic E-state index is 12.1. The Hall–Kier alpha value is -1.51. The van der Waals surface area contributed by atoms with Crippen molar-refractivity contribution in [3.63, 3.8) is 0 Å². The van der Waals surface area contributed by atoms with Gasteiger partial charge in [-0.2, -0.15) is 0 Å². The van der Waals surface area contributed by atoms with Crippen molar-refractivity contribution in [1.82, 2.24) is 0 Å². The van der Waals surface area contributed by atoms with Crippen molar-refractivity contribution in [3.05, 3.63) is 46.6 Å². The summed E-state index contributed by atoms with van der Waals surface area (Å²) in [6.45, 7) is 0. The Balaban J connectivity index is 0.00000176. The first-order valence-corrected chi connectivity index (χ1v) is 5.98. The van der Waals surface area contributed by atoms with Crippen LogP contribution in [0.2, 0.25) is 0 Å². The van der Waals surface area contributed by atoms with E-state index >= 15 is 0 Å². The molecule has 3 aromatic rings. The number of benzene rings is 2. The zero-order valence-electron chi connectivity index (χ0n) is 11.6. The fourth-order valence-electron chi connectivity index (χ4n) is 2.08. The van der Waals surface area contributed by atoms with Gasteiger partial charge in [0.05, 0.1) is 0 Å².